The van der Waals surface area contributed by atoms with E-state index in [-0.39, 0.29) is 18.6 Å². The number of piperidine rings is 1. The molecule has 154 valence electrons. The van der Waals surface area contributed by atoms with E-state index in [1.807, 2.05) is 13.0 Å². The van der Waals surface area contributed by atoms with Crippen molar-refractivity contribution in [3.63, 3.8) is 0 Å². The third-order valence-electron chi connectivity index (χ3n) is 5.43. The summed E-state index contributed by atoms with van der Waals surface area (Å²) in [6.45, 7) is 4.33. The van der Waals surface area contributed by atoms with E-state index in [2.05, 4.69) is 20.5 Å². The number of halogens is 2. The molecule has 1 aliphatic rings. The summed E-state index contributed by atoms with van der Waals surface area (Å²) in [7, 11) is 1.53. The topological polar surface area (TPSA) is 47.4 Å². The quantitative estimate of drug-likeness (QED) is 0.557. The van der Waals surface area contributed by atoms with Crippen LogP contribution in [0.25, 0.3) is 10.2 Å². The lowest BCUT2D eigenvalue weighted by Crippen LogP contribution is -2.40. The maximum absolute atomic E-state index is 13.4. The van der Waals surface area contributed by atoms with Crippen LogP contribution in [0.4, 0.5) is 8.78 Å². The summed E-state index contributed by atoms with van der Waals surface area (Å²) in [6.07, 6.45) is 1.39. The number of hydrogen-bond donors (Lipinski definition) is 0. The molecule has 0 aromatic carbocycles. The first-order valence-electron chi connectivity index (χ1n) is 9.61. The van der Waals surface area contributed by atoms with Crippen LogP contribution < -0.4 is 4.74 Å². The summed E-state index contributed by atoms with van der Waals surface area (Å²) in [6, 6.07) is 7.37. The minimum Gasteiger partial charge on any atom is -0.481 e. The smallest absolute Gasteiger partial charge is 0.250 e. The van der Waals surface area contributed by atoms with E-state index in [0.717, 1.165) is 29.0 Å². The van der Waals surface area contributed by atoms with E-state index >= 15 is 0 Å². The van der Waals surface area contributed by atoms with Crippen molar-refractivity contribution in [1.82, 2.24) is 14.5 Å². The molecule has 0 unspecified atom stereocenters. The molecule has 0 aliphatic carbocycles. The van der Waals surface area contributed by atoms with E-state index in [1.165, 1.54) is 24.6 Å². The molecule has 0 atom stereocenters. The first-order chi connectivity index (χ1) is 13.9. The van der Waals surface area contributed by atoms with Gasteiger partial charge in [-0.05, 0) is 25.1 Å². The number of likely N-dealkylation sites (tertiary alicyclic amines) is 1. The van der Waals surface area contributed by atoms with E-state index < -0.39 is 5.92 Å². The van der Waals surface area contributed by atoms with Gasteiger partial charge in [0.05, 0.1) is 12.0 Å². The maximum atomic E-state index is 13.4. The molecule has 0 saturated carbocycles. The number of methoxy groups -OCH3 is 1. The molecule has 29 heavy (non-hydrogen) atoms. The van der Waals surface area contributed by atoms with Crippen molar-refractivity contribution < 1.29 is 18.3 Å². The molecule has 0 radical (unpaired) electrons. The number of aromatic nitrogens is 2. The summed E-state index contributed by atoms with van der Waals surface area (Å²) in [5, 5.41) is 1.03. The third-order valence-corrected chi connectivity index (χ3v) is 6.61. The fourth-order valence-electron chi connectivity index (χ4n) is 3.69. The Morgan fingerprint density at radius 3 is 2.66 bits per heavy atom. The SMILES string of the molecule is COc1ccc(C(=O)c2cc3cc(C)n(CCN4CCC(F)(F)CC4)c3s2)cn1. The van der Waals surface area contributed by atoms with E-state index in [1.54, 1.807) is 12.1 Å². The molecule has 5 nitrogen and oxygen atoms in total. The molecule has 0 spiro atoms. The summed E-state index contributed by atoms with van der Waals surface area (Å²) >= 11 is 1.46. The minimum absolute atomic E-state index is 0.0659. The van der Waals surface area contributed by atoms with Gasteiger partial charge in [-0.1, -0.05) is 0 Å². The number of aryl methyl sites for hydroxylation is 1. The number of thiophene rings is 1. The summed E-state index contributed by atoms with van der Waals surface area (Å²) in [5.74, 6) is -2.12. The second-order valence-electron chi connectivity index (χ2n) is 7.42. The van der Waals surface area contributed by atoms with E-state index in [4.69, 9.17) is 4.74 Å². The van der Waals surface area contributed by atoms with Crippen LogP contribution in [0.5, 0.6) is 5.88 Å². The molecule has 1 fully saturated rings. The molecular weight excluding hydrogens is 396 g/mol. The zero-order valence-electron chi connectivity index (χ0n) is 16.5. The highest BCUT2D eigenvalue weighted by Crippen LogP contribution is 2.31. The maximum Gasteiger partial charge on any atom is 0.250 e. The average molecular weight is 419 g/mol. The molecule has 1 saturated heterocycles. The Balaban J connectivity index is 1.50. The number of carbonyl (C=O) groups is 1. The molecule has 0 N–H and O–H groups in total. The number of nitrogens with zero attached hydrogens (tertiary/aromatic N) is 3. The van der Waals surface area contributed by atoms with Crippen molar-refractivity contribution in [1.29, 1.82) is 0 Å². The number of fused-ring (bicyclic) bond motifs is 1. The van der Waals surface area contributed by atoms with Gasteiger partial charge in [-0.15, -0.1) is 11.3 Å². The molecular formula is C21H23F2N3O2S. The molecule has 8 heteroatoms. The largest absolute Gasteiger partial charge is 0.481 e. The summed E-state index contributed by atoms with van der Waals surface area (Å²) < 4.78 is 33.9. The van der Waals surface area contributed by atoms with Gasteiger partial charge in [0.1, 0.15) is 4.83 Å². The number of hydrogen-bond acceptors (Lipinski definition) is 5. The predicted molar refractivity (Wildman–Crippen MR) is 109 cm³/mol. The monoisotopic (exact) mass is 419 g/mol. The Morgan fingerprint density at radius 2 is 2.00 bits per heavy atom. The van der Waals surface area contributed by atoms with Crippen molar-refractivity contribution in [3.05, 3.63) is 46.6 Å². The van der Waals surface area contributed by atoms with Gasteiger partial charge in [-0.2, -0.15) is 0 Å². The molecule has 3 aromatic rings. The Labute approximate surface area is 171 Å². The fraction of sp³-hybridized carbons (Fsp3) is 0.429. The number of ketones is 1. The minimum atomic E-state index is -2.52. The normalized spacial score (nSPS) is 17.0. The van der Waals surface area contributed by atoms with Crippen LogP contribution in [-0.2, 0) is 6.54 Å². The molecule has 4 rings (SSSR count). The lowest BCUT2D eigenvalue weighted by molar-refractivity contribution is -0.0554. The Morgan fingerprint density at radius 1 is 1.24 bits per heavy atom. The van der Waals surface area contributed by atoms with Crippen molar-refractivity contribution in [3.8, 4) is 5.88 Å². The van der Waals surface area contributed by atoms with Gasteiger partial charge in [0.15, 0.2) is 0 Å². The third kappa shape index (κ3) is 4.18. The van der Waals surface area contributed by atoms with Crippen LogP contribution in [0.1, 0.15) is 33.8 Å². The van der Waals surface area contributed by atoms with Crippen LogP contribution in [0, 0.1) is 6.92 Å². The van der Waals surface area contributed by atoms with Crippen LogP contribution in [0.15, 0.2) is 30.5 Å². The van der Waals surface area contributed by atoms with Crippen LogP contribution in [0.2, 0.25) is 0 Å². The highest BCUT2D eigenvalue weighted by Gasteiger charge is 2.33. The number of pyridine rings is 1. The number of ether oxygens (including phenoxy) is 1. The van der Waals surface area contributed by atoms with Gasteiger partial charge in [0.25, 0.3) is 5.92 Å². The van der Waals surface area contributed by atoms with Gasteiger partial charge in [0.2, 0.25) is 11.7 Å². The van der Waals surface area contributed by atoms with E-state index in [0.29, 0.717) is 29.4 Å². The first kappa shape index (κ1) is 20.0. The zero-order chi connectivity index (χ0) is 20.6. The molecule has 4 heterocycles. The Kier molecular flexibility index (Phi) is 5.40. The van der Waals surface area contributed by atoms with E-state index in [9.17, 15) is 13.6 Å². The number of carbonyl (C=O) groups excluding carboxylic acids is 1. The summed E-state index contributed by atoms with van der Waals surface area (Å²) in [5.41, 5.74) is 1.63. The molecule has 0 bridgehead atoms. The van der Waals surface area contributed by atoms with Gasteiger partial charge < -0.3 is 14.2 Å². The van der Waals surface area contributed by atoms with Crippen LogP contribution in [0.3, 0.4) is 0 Å². The fourth-order valence-corrected chi connectivity index (χ4v) is 4.87. The molecule has 1 aliphatic heterocycles. The second kappa shape index (κ2) is 7.84. The lowest BCUT2D eigenvalue weighted by atomic mass is 10.1. The predicted octanol–water partition coefficient (Wildman–Crippen LogP) is 4.38. The highest BCUT2D eigenvalue weighted by molar-refractivity contribution is 7.20. The van der Waals surface area contributed by atoms with Crippen molar-refractivity contribution in [2.75, 3.05) is 26.7 Å². The zero-order valence-corrected chi connectivity index (χ0v) is 17.3. The van der Waals surface area contributed by atoms with Crippen molar-refractivity contribution in [2.24, 2.45) is 0 Å². The Bertz CT molecular complexity index is 1020. The number of rotatable bonds is 6. The number of alkyl halides is 2. The van der Waals surface area contributed by atoms with Gasteiger partial charge in [-0.3, -0.25) is 4.79 Å². The van der Waals surface area contributed by atoms with Gasteiger partial charge in [0, 0.05) is 67.9 Å². The summed E-state index contributed by atoms with van der Waals surface area (Å²) in [4.78, 5) is 20.7. The van der Waals surface area contributed by atoms with Crippen LogP contribution >= 0.6 is 11.3 Å². The molecule has 0 amide bonds. The van der Waals surface area contributed by atoms with Gasteiger partial charge >= 0.3 is 0 Å². The second-order valence-corrected chi connectivity index (χ2v) is 8.46. The lowest BCUT2D eigenvalue weighted by Gasteiger charge is -2.31. The van der Waals surface area contributed by atoms with Crippen LogP contribution in [-0.4, -0.2) is 52.9 Å². The average Bonchev–Trinajstić information content (AvgIpc) is 3.24. The van der Waals surface area contributed by atoms with Crippen molar-refractivity contribution >= 4 is 27.3 Å². The van der Waals surface area contributed by atoms with Gasteiger partial charge in [-0.25, -0.2) is 13.8 Å². The van der Waals surface area contributed by atoms with Crippen molar-refractivity contribution in [2.45, 2.75) is 32.2 Å². The molecule has 3 aromatic heterocycles. The standard InChI is InChI=1S/C21H23F2N3O2S/c1-14-11-16-12-17(19(27)15-3-4-18(28-2)24-13-15)29-20(16)26(14)10-9-25-7-5-21(22,23)6-8-25/h3-4,11-13H,5-10H2,1-2H3. The Hall–Kier alpha value is -2.32. The first-order valence-corrected chi connectivity index (χ1v) is 10.4. The highest BCUT2D eigenvalue weighted by atomic mass is 32.1.